The molecule has 1 nitrogen and oxygen atoms in total. The molecule has 0 amide bonds. The Hall–Kier alpha value is -0.300. The highest BCUT2D eigenvalue weighted by Gasteiger charge is 2.37. The zero-order valence-electron chi connectivity index (χ0n) is 11.2. The van der Waals surface area contributed by atoms with E-state index in [1.165, 1.54) is 32.1 Å². The van der Waals surface area contributed by atoms with E-state index in [-0.39, 0.29) is 0 Å². The van der Waals surface area contributed by atoms with E-state index < -0.39 is 5.60 Å². The number of rotatable bonds is 1. The second kappa shape index (κ2) is 4.18. The van der Waals surface area contributed by atoms with Gasteiger partial charge >= 0.3 is 0 Å². The molecule has 16 heavy (non-hydrogen) atoms. The summed E-state index contributed by atoms with van der Waals surface area (Å²) in [6.45, 7) is 8.67. The Labute approximate surface area is 99.9 Å². The van der Waals surface area contributed by atoms with Crippen molar-refractivity contribution in [1.82, 2.24) is 0 Å². The molecular weight excluding hydrogens is 196 g/mol. The molecule has 0 saturated heterocycles. The highest BCUT2D eigenvalue weighted by molar-refractivity contribution is 5.22. The van der Waals surface area contributed by atoms with Gasteiger partial charge in [-0.2, -0.15) is 0 Å². The predicted octanol–water partition coefficient (Wildman–Crippen LogP) is 3.92. The molecule has 92 valence electrons. The fraction of sp³-hybridized carbons (Fsp3) is 0.867. The maximum absolute atomic E-state index is 10.2. The summed E-state index contributed by atoms with van der Waals surface area (Å²) in [5.74, 6) is 2.07. The minimum Gasteiger partial charge on any atom is -0.390 e. The maximum Gasteiger partial charge on any atom is 0.0620 e. The summed E-state index contributed by atoms with van der Waals surface area (Å²) in [7, 11) is 0. The lowest BCUT2D eigenvalue weighted by Gasteiger charge is -2.31. The van der Waals surface area contributed by atoms with Crippen LogP contribution in [0, 0.1) is 17.8 Å². The third-order valence-corrected chi connectivity index (χ3v) is 4.96. The van der Waals surface area contributed by atoms with Gasteiger partial charge in [-0.25, -0.2) is 0 Å². The minimum absolute atomic E-state index is 0.477. The molecule has 2 aliphatic carbocycles. The van der Waals surface area contributed by atoms with Crippen LogP contribution in [0.5, 0.6) is 0 Å². The van der Waals surface area contributed by atoms with Crippen LogP contribution in [0.4, 0.5) is 0 Å². The van der Waals surface area contributed by atoms with E-state index in [9.17, 15) is 5.11 Å². The zero-order valence-corrected chi connectivity index (χ0v) is 11.2. The van der Waals surface area contributed by atoms with Crippen molar-refractivity contribution in [2.45, 2.75) is 65.4 Å². The molecule has 1 saturated carbocycles. The second-order valence-electron chi connectivity index (χ2n) is 6.55. The van der Waals surface area contributed by atoms with Gasteiger partial charge in [0.25, 0.3) is 0 Å². The number of hydrogen-bond donors (Lipinski definition) is 1. The van der Waals surface area contributed by atoms with Crippen molar-refractivity contribution in [2.75, 3.05) is 0 Å². The van der Waals surface area contributed by atoms with Crippen molar-refractivity contribution < 1.29 is 5.11 Å². The van der Waals surface area contributed by atoms with E-state index in [1.807, 2.05) is 13.8 Å². The summed E-state index contributed by atoms with van der Waals surface area (Å²) in [4.78, 5) is 0. The molecule has 0 unspecified atom stereocenters. The Balaban J connectivity index is 2.21. The smallest absolute Gasteiger partial charge is 0.0620 e. The van der Waals surface area contributed by atoms with Crippen LogP contribution < -0.4 is 0 Å². The SMILES string of the molecule is CC1=C2CC[C@H](C)[C@@H]2C[C@H](C(C)(C)O)CC1. The normalized spacial score (nSPS) is 36.2. The van der Waals surface area contributed by atoms with Gasteiger partial charge in [0.2, 0.25) is 0 Å². The molecule has 1 N–H and O–H groups in total. The van der Waals surface area contributed by atoms with Crippen molar-refractivity contribution >= 4 is 0 Å². The van der Waals surface area contributed by atoms with E-state index in [0.717, 1.165) is 11.8 Å². The van der Waals surface area contributed by atoms with Gasteiger partial charge in [-0.05, 0) is 70.6 Å². The average Bonchev–Trinajstić information content (AvgIpc) is 2.42. The van der Waals surface area contributed by atoms with Crippen LogP contribution in [0.1, 0.15) is 59.8 Å². The van der Waals surface area contributed by atoms with Crippen LogP contribution >= 0.6 is 0 Å². The van der Waals surface area contributed by atoms with E-state index in [0.29, 0.717) is 5.92 Å². The molecule has 2 rings (SSSR count). The molecule has 1 heteroatoms. The largest absolute Gasteiger partial charge is 0.390 e. The molecule has 0 aromatic heterocycles. The molecule has 0 aliphatic heterocycles. The Bertz CT molecular complexity index is 295. The topological polar surface area (TPSA) is 20.2 Å². The molecule has 0 aromatic rings. The fourth-order valence-electron chi connectivity index (χ4n) is 3.63. The highest BCUT2D eigenvalue weighted by Crippen LogP contribution is 2.47. The van der Waals surface area contributed by atoms with Gasteiger partial charge in [0, 0.05) is 0 Å². The maximum atomic E-state index is 10.2. The summed E-state index contributed by atoms with van der Waals surface area (Å²) in [6.07, 6.45) is 6.25. The molecule has 0 radical (unpaired) electrons. The van der Waals surface area contributed by atoms with Crippen LogP contribution in [0.3, 0.4) is 0 Å². The molecule has 1 fully saturated rings. The summed E-state index contributed by atoms with van der Waals surface area (Å²) >= 11 is 0. The lowest BCUT2D eigenvalue weighted by atomic mass is 9.79. The summed E-state index contributed by atoms with van der Waals surface area (Å²) in [6, 6.07) is 0. The van der Waals surface area contributed by atoms with Gasteiger partial charge < -0.3 is 5.11 Å². The summed E-state index contributed by atoms with van der Waals surface area (Å²) < 4.78 is 0. The molecule has 0 heterocycles. The van der Waals surface area contributed by atoms with Gasteiger partial charge in [0.1, 0.15) is 0 Å². The first-order valence-electron chi connectivity index (χ1n) is 6.80. The number of hydrogen-bond acceptors (Lipinski definition) is 1. The third kappa shape index (κ3) is 2.20. The fourth-order valence-corrected chi connectivity index (χ4v) is 3.63. The highest BCUT2D eigenvalue weighted by atomic mass is 16.3. The standard InChI is InChI=1S/C15H26O/c1-10-5-7-12(15(3,4)16)9-14-11(2)6-8-13(10)14/h11-12,14,16H,5-9H2,1-4H3/t11-,12+,14-/m0/s1. The van der Waals surface area contributed by atoms with Crippen molar-refractivity contribution in [1.29, 1.82) is 0 Å². The Morgan fingerprint density at radius 2 is 1.88 bits per heavy atom. The van der Waals surface area contributed by atoms with Crippen LogP contribution in [-0.2, 0) is 0 Å². The van der Waals surface area contributed by atoms with Gasteiger partial charge in [-0.1, -0.05) is 18.1 Å². The van der Waals surface area contributed by atoms with E-state index in [4.69, 9.17) is 0 Å². The van der Waals surface area contributed by atoms with E-state index >= 15 is 0 Å². The molecular formula is C15H26O. The van der Waals surface area contributed by atoms with Gasteiger partial charge in [0.15, 0.2) is 0 Å². The van der Waals surface area contributed by atoms with Crippen LogP contribution in [-0.4, -0.2) is 10.7 Å². The number of allylic oxidation sites excluding steroid dienone is 2. The quantitative estimate of drug-likeness (QED) is 0.667. The molecule has 0 spiro atoms. The van der Waals surface area contributed by atoms with Crippen LogP contribution in [0.25, 0.3) is 0 Å². The van der Waals surface area contributed by atoms with Gasteiger partial charge in [-0.15, -0.1) is 0 Å². The lowest BCUT2D eigenvalue weighted by Crippen LogP contribution is -2.32. The van der Waals surface area contributed by atoms with E-state index in [1.54, 1.807) is 11.1 Å². The first-order valence-corrected chi connectivity index (χ1v) is 6.80. The van der Waals surface area contributed by atoms with Crippen LogP contribution in [0.15, 0.2) is 11.1 Å². The Kier molecular flexibility index (Phi) is 3.18. The van der Waals surface area contributed by atoms with Crippen molar-refractivity contribution in [2.24, 2.45) is 17.8 Å². The monoisotopic (exact) mass is 222 g/mol. The summed E-state index contributed by atoms with van der Waals surface area (Å²) in [5, 5.41) is 10.2. The Morgan fingerprint density at radius 1 is 1.19 bits per heavy atom. The van der Waals surface area contributed by atoms with Crippen molar-refractivity contribution in [3.8, 4) is 0 Å². The Morgan fingerprint density at radius 3 is 2.50 bits per heavy atom. The molecule has 0 bridgehead atoms. The third-order valence-electron chi connectivity index (χ3n) is 4.96. The lowest BCUT2D eigenvalue weighted by molar-refractivity contribution is 0.00398. The molecule has 3 atom stereocenters. The summed E-state index contributed by atoms with van der Waals surface area (Å²) in [5.41, 5.74) is 2.86. The van der Waals surface area contributed by atoms with Crippen molar-refractivity contribution in [3.05, 3.63) is 11.1 Å². The van der Waals surface area contributed by atoms with Gasteiger partial charge in [0.05, 0.1) is 5.60 Å². The number of fused-ring (bicyclic) bond motifs is 1. The first-order chi connectivity index (χ1) is 7.39. The molecule has 0 aromatic carbocycles. The minimum atomic E-state index is -0.502. The molecule has 2 aliphatic rings. The second-order valence-corrected chi connectivity index (χ2v) is 6.55. The van der Waals surface area contributed by atoms with Crippen molar-refractivity contribution in [3.63, 3.8) is 0 Å². The first kappa shape index (κ1) is 12.2. The average molecular weight is 222 g/mol. The predicted molar refractivity (Wildman–Crippen MR) is 68.2 cm³/mol. The zero-order chi connectivity index (χ0) is 11.9. The number of aliphatic hydroxyl groups is 1. The van der Waals surface area contributed by atoms with E-state index in [2.05, 4.69) is 13.8 Å². The van der Waals surface area contributed by atoms with Crippen LogP contribution in [0.2, 0.25) is 0 Å². The van der Waals surface area contributed by atoms with Gasteiger partial charge in [-0.3, -0.25) is 0 Å².